The third-order valence-electron chi connectivity index (χ3n) is 4.12. The van der Waals surface area contributed by atoms with Gasteiger partial charge in [-0.05, 0) is 49.3 Å². The summed E-state index contributed by atoms with van der Waals surface area (Å²) in [6, 6.07) is 6.08. The minimum atomic E-state index is -0.266. The van der Waals surface area contributed by atoms with Crippen molar-refractivity contribution in [3.05, 3.63) is 29.3 Å². The first kappa shape index (κ1) is 13.1. The molecule has 0 bridgehead atoms. The van der Waals surface area contributed by atoms with Crippen molar-refractivity contribution in [2.45, 2.75) is 47.0 Å². The minimum absolute atomic E-state index is 0.0810. The Labute approximate surface area is 109 Å². The highest BCUT2D eigenvalue weighted by atomic mass is 16.5. The van der Waals surface area contributed by atoms with Crippen LogP contribution in [-0.2, 0) is 4.79 Å². The van der Waals surface area contributed by atoms with Crippen LogP contribution in [0.2, 0.25) is 0 Å². The fraction of sp³-hybridized carbons (Fsp3) is 0.562. The highest BCUT2D eigenvalue weighted by molar-refractivity contribution is 5.82. The molecule has 18 heavy (non-hydrogen) atoms. The zero-order valence-corrected chi connectivity index (χ0v) is 11.9. The van der Waals surface area contributed by atoms with Gasteiger partial charge in [0.15, 0.2) is 0 Å². The van der Waals surface area contributed by atoms with Crippen molar-refractivity contribution in [3.63, 3.8) is 0 Å². The summed E-state index contributed by atoms with van der Waals surface area (Å²) in [5, 5.41) is 0. The molecule has 1 fully saturated rings. The van der Waals surface area contributed by atoms with Gasteiger partial charge in [-0.25, -0.2) is 0 Å². The van der Waals surface area contributed by atoms with Crippen LogP contribution < -0.4 is 4.74 Å². The van der Waals surface area contributed by atoms with E-state index in [0.717, 1.165) is 23.3 Å². The molecular weight excluding hydrogens is 224 g/mol. The van der Waals surface area contributed by atoms with E-state index in [-0.39, 0.29) is 11.4 Å². The molecule has 1 aliphatic rings. The van der Waals surface area contributed by atoms with Crippen LogP contribution in [0.25, 0.3) is 0 Å². The minimum Gasteiger partial charge on any atom is -0.426 e. The summed E-state index contributed by atoms with van der Waals surface area (Å²) in [7, 11) is 0. The molecule has 0 N–H and O–H groups in total. The van der Waals surface area contributed by atoms with Crippen LogP contribution in [0, 0.1) is 18.3 Å². The molecular formula is C16H22O2. The summed E-state index contributed by atoms with van der Waals surface area (Å²) < 4.78 is 5.65. The van der Waals surface area contributed by atoms with Gasteiger partial charge in [-0.1, -0.05) is 32.9 Å². The van der Waals surface area contributed by atoms with Gasteiger partial charge in [-0.2, -0.15) is 0 Å². The maximum absolute atomic E-state index is 12.2. The molecule has 0 aliphatic heterocycles. The Hall–Kier alpha value is -1.31. The molecule has 1 aliphatic carbocycles. The summed E-state index contributed by atoms with van der Waals surface area (Å²) in [6.07, 6.45) is 0.939. The SMILES string of the molecule is Cc1ccc(C(C)C)c(OC(=O)[C@]2(C)C[C@H]2C)c1. The Morgan fingerprint density at radius 1 is 1.44 bits per heavy atom. The highest BCUT2D eigenvalue weighted by Gasteiger charge is 2.54. The maximum atomic E-state index is 12.2. The van der Waals surface area contributed by atoms with Crippen LogP contribution in [0.5, 0.6) is 5.75 Å². The number of aryl methyl sites for hydroxylation is 1. The van der Waals surface area contributed by atoms with E-state index in [1.165, 1.54) is 0 Å². The van der Waals surface area contributed by atoms with E-state index < -0.39 is 0 Å². The van der Waals surface area contributed by atoms with Crippen LogP contribution in [0.15, 0.2) is 18.2 Å². The second kappa shape index (κ2) is 4.42. The molecule has 2 nitrogen and oxygen atoms in total. The van der Waals surface area contributed by atoms with E-state index in [4.69, 9.17) is 4.74 Å². The van der Waals surface area contributed by atoms with Crippen molar-refractivity contribution in [1.82, 2.24) is 0 Å². The van der Waals surface area contributed by atoms with E-state index in [2.05, 4.69) is 32.9 Å². The first-order valence-electron chi connectivity index (χ1n) is 6.67. The number of hydrogen-bond acceptors (Lipinski definition) is 2. The Morgan fingerprint density at radius 3 is 2.56 bits per heavy atom. The normalized spacial score (nSPS) is 26.2. The number of carbonyl (C=O) groups is 1. The van der Waals surface area contributed by atoms with Gasteiger partial charge in [-0.15, -0.1) is 0 Å². The Morgan fingerprint density at radius 2 is 2.06 bits per heavy atom. The number of carbonyl (C=O) groups excluding carboxylic acids is 1. The van der Waals surface area contributed by atoms with Gasteiger partial charge in [-0.3, -0.25) is 4.79 Å². The van der Waals surface area contributed by atoms with Crippen molar-refractivity contribution in [1.29, 1.82) is 0 Å². The van der Waals surface area contributed by atoms with Gasteiger partial charge in [0.1, 0.15) is 5.75 Å². The maximum Gasteiger partial charge on any atom is 0.317 e. The van der Waals surface area contributed by atoms with Gasteiger partial charge < -0.3 is 4.74 Å². The van der Waals surface area contributed by atoms with Gasteiger partial charge >= 0.3 is 5.97 Å². The van der Waals surface area contributed by atoms with Crippen LogP contribution >= 0.6 is 0 Å². The average Bonchev–Trinajstić information content (AvgIpc) is 2.88. The molecule has 1 saturated carbocycles. The molecule has 0 saturated heterocycles. The Kier molecular flexibility index (Phi) is 3.22. The third kappa shape index (κ3) is 2.29. The van der Waals surface area contributed by atoms with Gasteiger partial charge in [0.25, 0.3) is 0 Å². The van der Waals surface area contributed by atoms with E-state index in [1.807, 2.05) is 19.9 Å². The van der Waals surface area contributed by atoms with Crippen molar-refractivity contribution in [2.24, 2.45) is 11.3 Å². The van der Waals surface area contributed by atoms with E-state index in [1.54, 1.807) is 0 Å². The standard InChI is InChI=1S/C16H22O2/c1-10(2)13-7-6-11(3)8-14(13)18-15(17)16(5)9-12(16)4/h6-8,10,12H,9H2,1-5H3/t12-,16-/m1/s1. The second-order valence-corrected chi connectivity index (χ2v) is 6.11. The van der Waals surface area contributed by atoms with Gasteiger partial charge in [0.05, 0.1) is 5.41 Å². The van der Waals surface area contributed by atoms with Crippen LogP contribution in [0.3, 0.4) is 0 Å². The molecule has 0 amide bonds. The topological polar surface area (TPSA) is 26.3 Å². The predicted molar refractivity (Wildman–Crippen MR) is 72.8 cm³/mol. The van der Waals surface area contributed by atoms with E-state index >= 15 is 0 Å². The summed E-state index contributed by atoms with van der Waals surface area (Å²) in [4.78, 5) is 12.2. The van der Waals surface area contributed by atoms with Crippen molar-refractivity contribution in [3.8, 4) is 5.75 Å². The second-order valence-electron chi connectivity index (χ2n) is 6.11. The molecule has 2 atom stereocenters. The predicted octanol–water partition coefficient (Wildman–Crippen LogP) is 4.07. The molecule has 2 rings (SSSR count). The van der Waals surface area contributed by atoms with Crippen LogP contribution in [-0.4, -0.2) is 5.97 Å². The fourth-order valence-corrected chi connectivity index (χ4v) is 2.29. The molecule has 1 aromatic carbocycles. The van der Waals surface area contributed by atoms with Gasteiger partial charge in [0, 0.05) is 0 Å². The van der Waals surface area contributed by atoms with Crippen LogP contribution in [0.1, 0.15) is 51.2 Å². The lowest BCUT2D eigenvalue weighted by Crippen LogP contribution is -2.21. The van der Waals surface area contributed by atoms with Crippen molar-refractivity contribution >= 4 is 5.97 Å². The van der Waals surface area contributed by atoms with Crippen molar-refractivity contribution < 1.29 is 9.53 Å². The lowest BCUT2D eigenvalue weighted by Gasteiger charge is -2.16. The molecule has 0 radical (unpaired) electrons. The highest BCUT2D eigenvalue weighted by Crippen LogP contribution is 2.52. The number of esters is 1. The quantitative estimate of drug-likeness (QED) is 0.593. The lowest BCUT2D eigenvalue weighted by molar-refractivity contribution is -0.140. The average molecular weight is 246 g/mol. The fourth-order valence-electron chi connectivity index (χ4n) is 2.29. The Bertz CT molecular complexity index is 476. The summed E-state index contributed by atoms with van der Waals surface area (Å²) in [5.41, 5.74) is 1.96. The third-order valence-corrected chi connectivity index (χ3v) is 4.12. The zero-order chi connectivity index (χ0) is 13.5. The number of hydrogen-bond donors (Lipinski definition) is 0. The summed E-state index contributed by atoms with van der Waals surface area (Å²) >= 11 is 0. The molecule has 0 unspecified atom stereocenters. The molecule has 0 aromatic heterocycles. The smallest absolute Gasteiger partial charge is 0.317 e. The number of benzene rings is 1. The molecule has 2 heteroatoms. The van der Waals surface area contributed by atoms with E-state index in [0.29, 0.717) is 11.8 Å². The number of rotatable bonds is 3. The number of ether oxygens (including phenoxy) is 1. The monoisotopic (exact) mass is 246 g/mol. The summed E-state index contributed by atoms with van der Waals surface area (Å²) in [6.45, 7) is 10.3. The first-order valence-corrected chi connectivity index (χ1v) is 6.67. The van der Waals surface area contributed by atoms with E-state index in [9.17, 15) is 4.79 Å². The largest absolute Gasteiger partial charge is 0.426 e. The van der Waals surface area contributed by atoms with Crippen molar-refractivity contribution in [2.75, 3.05) is 0 Å². The first-order chi connectivity index (χ1) is 8.34. The molecule has 1 aromatic rings. The lowest BCUT2D eigenvalue weighted by atomic mass is 10.0. The molecule has 0 spiro atoms. The molecule has 0 heterocycles. The van der Waals surface area contributed by atoms with Gasteiger partial charge in [0.2, 0.25) is 0 Å². The Balaban J connectivity index is 2.23. The van der Waals surface area contributed by atoms with Crippen LogP contribution in [0.4, 0.5) is 0 Å². The summed E-state index contributed by atoms with van der Waals surface area (Å²) in [5.74, 6) is 1.45. The zero-order valence-electron chi connectivity index (χ0n) is 11.9. The molecule has 98 valence electrons.